The zero-order valence-electron chi connectivity index (χ0n) is 15.1. The summed E-state index contributed by atoms with van der Waals surface area (Å²) in [5, 5.41) is 2.91. The van der Waals surface area contributed by atoms with Crippen LogP contribution in [0.1, 0.15) is 26.4 Å². The summed E-state index contributed by atoms with van der Waals surface area (Å²) in [6.07, 6.45) is 1.62. The Labute approximate surface area is 153 Å². The van der Waals surface area contributed by atoms with Crippen molar-refractivity contribution in [3.63, 3.8) is 0 Å². The van der Waals surface area contributed by atoms with Crippen LogP contribution in [0.25, 0.3) is 0 Å². The first-order chi connectivity index (χ1) is 12.6. The Morgan fingerprint density at radius 2 is 1.96 bits per heavy atom. The molecule has 1 aliphatic rings. The molecule has 26 heavy (non-hydrogen) atoms. The van der Waals surface area contributed by atoms with Crippen LogP contribution in [0.15, 0.2) is 48.7 Å². The van der Waals surface area contributed by atoms with E-state index in [1.807, 2.05) is 36.1 Å². The lowest BCUT2D eigenvalue weighted by Gasteiger charge is -2.32. The molecular formula is C20H25N4O2+. The number of hydrogen-bond donors (Lipinski definition) is 2. The number of carbonyl (C=O) groups is 2. The van der Waals surface area contributed by atoms with Crippen molar-refractivity contribution in [2.24, 2.45) is 0 Å². The molecule has 2 N–H and O–H groups in total. The van der Waals surface area contributed by atoms with Crippen molar-refractivity contribution in [2.75, 3.05) is 39.3 Å². The third-order valence-corrected chi connectivity index (χ3v) is 4.68. The molecule has 1 aliphatic heterocycles. The van der Waals surface area contributed by atoms with Crippen LogP contribution in [0.2, 0.25) is 0 Å². The molecule has 6 heteroatoms. The van der Waals surface area contributed by atoms with Gasteiger partial charge in [0.1, 0.15) is 5.69 Å². The molecule has 0 atom stereocenters. The molecule has 1 aromatic carbocycles. The van der Waals surface area contributed by atoms with E-state index in [0.717, 1.165) is 43.9 Å². The Balaban J connectivity index is 1.41. The van der Waals surface area contributed by atoms with Gasteiger partial charge in [-0.15, -0.1) is 0 Å². The smallest absolute Gasteiger partial charge is 0.270 e. The van der Waals surface area contributed by atoms with E-state index in [1.165, 1.54) is 4.90 Å². The fourth-order valence-corrected chi connectivity index (χ4v) is 3.18. The summed E-state index contributed by atoms with van der Waals surface area (Å²) in [5.41, 5.74) is 2.30. The van der Waals surface area contributed by atoms with Crippen molar-refractivity contribution in [1.29, 1.82) is 0 Å². The molecule has 0 spiro atoms. The number of hydrogen-bond acceptors (Lipinski definition) is 3. The number of nitrogens with zero attached hydrogens (tertiary/aromatic N) is 2. The molecule has 2 heterocycles. The van der Waals surface area contributed by atoms with Crippen LogP contribution in [-0.2, 0) is 0 Å². The van der Waals surface area contributed by atoms with Gasteiger partial charge < -0.3 is 15.1 Å². The third-order valence-electron chi connectivity index (χ3n) is 4.68. The highest BCUT2D eigenvalue weighted by molar-refractivity contribution is 5.94. The number of nitrogens with one attached hydrogen (secondary N) is 2. The van der Waals surface area contributed by atoms with E-state index in [0.29, 0.717) is 12.2 Å². The van der Waals surface area contributed by atoms with E-state index in [-0.39, 0.29) is 11.8 Å². The standard InChI is InChI=1S/C20H24N4O2/c1-16-5-4-6-17(15-16)20(26)24-13-11-23(12-14-24)10-9-22-19(25)18-7-2-3-8-21-18/h2-8,15H,9-14H2,1H3,(H,22,25)/p+1. The largest absolute Gasteiger partial charge is 0.345 e. The zero-order chi connectivity index (χ0) is 18.4. The highest BCUT2D eigenvalue weighted by Gasteiger charge is 2.24. The van der Waals surface area contributed by atoms with Crippen molar-refractivity contribution >= 4 is 11.8 Å². The quantitative estimate of drug-likeness (QED) is 0.805. The molecule has 0 saturated carbocycles. The third kappa shape index (κ3) is 4.67. The molecule has 2 amide bonds. The number of aryl methyl sites for hydroxylation is 1. The first-order valence-corrected chi connectivity index (χ1v) is 9.02. The second kappa shape index (κ2) is 8.58. The number of piperazine rings is 1. The summed E-state index contributed by atoms with van der Waals surface area (Å²) < 4.78 is 0. The van der Waals surface area contributed by atoms with E-state index >= 15 is 0 Å². The first kappa shape index (κ1) is 18.1. The molecule has 1 fully saturated rings. The van der Waals surface area contributed by atoms with Gasteiger partial charge in [0, 0.05) is 11.8 Å². The van der Waals surface area contributed by atoms with Crippen LogP contribution in [0.5, 0.6) is 0 Å². The van der Waals surface area contributed by atoms with Crippen LogP contribution in [0, 0.1) is 6.92 Å². The Morgan fingerprint density at radius 1 is 1.15 bits per heavy atom. The maximum Gasteiger partial charge on any atom is 0.270 e. The van der Waals surface area contributed by atoms with E-state index < -0.39 is 0 Å². The zero-order valence-corrected chi connectivity index (χ0v) is 15.1. The van der Waals surface area contributed by atoms with Gasteiger partial charge in [-0.05, 0) is 31.2 Å². The number of aromatic nitrogens is 1. The fourth-order valence-electron chi connectivity index (χ4n) is 3.18. The molecule has 2 aromatic rings. The second-order valence-electron chi connectivity index (χ2n) is 6.63. The number of carbonyl (C=O) groups excluding carboxylic acids is 2. The predicted octanol–water partition coefficient (Wildman–Crippen LogP) is 0.161. The lowest BCUT2D eigenvalue weighted by atomic mass is 10.1. The normalized spacial score (nSPS) is 14.9. The van der Waals surface area contributed by atoms with Gasteiger partial charge in [-0.2, -0.15) is 0 Å². The van der Waals surface area contributed by atoms with Crippen LogP contribution in [0.3, 0.4) is 0 Å². The maximum absolute atomic E-state index is 12.6. The lowest BCUT2D eigenvalue weighted by molar-refractivity contribution is -0.902. The molecule has 3 rings (SSSR count). The van der Waals surface area contributed by atoms with Crippen molar-refractivity contribution in [2.45, 2.75) is 6.92 Å². The molecule has 136 valence electrons. The van der Waals surface area contributed by atoms with Crippen LogP contribution in [0.4, 0.5) is 0 Å². The number of rotatable bonds is 5. The van der Waals surface area contributed by atoms with Gasteiger partial charge in [0.15, 0.2) is 0 Å². The highest BCUT2D eigenvalue weighted by atomic mass is 16.2. The van der Waals surface area contributed by atoms with E-state index in [1.54, 1.807) is 24.4 Å². The summed E-state index contributed by atoms with van der Waals surface area (Å²) in [6, 6.07) is 13.0. The van der Waals surface area contributed by atoms with Gasteiger partial charge in [0.25, 0.3) is 11.8 Å². The van der Waals surface area contributed by atoms with Gasteiger partial charge in [0.05, 0.1) is 39.3 Å². The first-order valence-electron chi connectivity index (χ1n) is 9.02. The van der Waals surface area contributed by atoms with Crippen molar-refractivity contribution in [3.05, 3.63) is 65.5 Å². The van der Waals surface area contributed by atoms with E-state index in [4.69, 9.17) is 0 Å². The summed E-state index contributed by atoms with van der Waals surface area (Å²) >= 11 is 0. The average Bonchev–Trinajstić information content (AvgIpc) is 2.68. The van der Waals surface area contributed by atoms with Crippen molar-refractivity contribution in [3.8, 4) is 0 Å². The number of amides is 2. The predicted molar refractivity (Wildman–Crippen MR) is 99.2 cm³/mol. The van der Waals surface area contributed by atoms with Gasteiger partial charge >= 0.3 is 0 Å². The lowest BCUT2D eigenvalue weighted by Crippen LogP contribution is -3.15. The molecule has 1 aromatic heterocycles. The Bertz CT molecular complexity index is 755. The number of quaternary nitrogens is 1. The minimum atomic E-state index is -0.140. The number of pyridine rings is 1. The van der Waals surface area contributed by atoms with Gasteiger partial charge in [-0.1, -0.05) is 23.8 Å². The fraction of sp³-hybridized carbons (Fsp3) is 0.350. The maximum atomic E-state index is 12.6. The molecular weight excluding hydrogens is 328 g/mol. The minimum absolute atomic E-state index is 0.108. The molecule has 6 nitrogen and oxygen atoms in total. The number of benzene rings is 1. The highest BCUT2D eigenvalue weighted by Crippen LogP contribution is 2.08. The molecule has 0 radical (unpaired) electrons. The minimum Gasteiger partial charge on any atom is -0.345 e. The molecule has 0 bridgehead atoms. The SMILES string of the molecule is Cc1cccc(C(=O)N2CC[NH+](CCNC(=O)c3ccccn3)CC2)c1. The van der Waals surface area contributed by atoms with Crippen LogP contribution >= 0.6 is 0 Å². The molecule has 0 unspecified atom stereocenters. The summed E-state index contributed by atoms with van der Waals surface area (Å²) in [5.74, 6) is -0.0329. The molecule has 1 saturated heterocycles. The Hall–Kier alpha value is -2.73. The summed E-state index contributed by atoms with van der Waals surface area (Å²) in [4.78, 5) is 31.9. The topological polar surface area (TPSA) is 66.7 Å². The van der Waals surface area contributed by atoms with Gasteiger partial charge in [-0.3, -0.25) is 14.6 Å². The second-order valence-corrected chi connectivity index (χ2v) is 6.63. The van der Waals surface area contributed by atoms with Crippen LogP contribution in [-0.4, -0.2) is 61.0 Å². The molecule has 0 aliphatic carbocycles. The van der Waals surface area contributed by atoms with Crippen molar-refractivity contribution < 1.29 is 14.5 Å². The monoisotopic (exact) mass is 353 g/mol. The van der Waals surface area contributed by atoms with Crippen molar-refractivity contribution in [1.82, 2.24) is 15.2 Å². The van der Waals surface area contributed by atoms with Gasteiger partial charge in [0.2, 0.25) is 0 Å². The average molecular weight is 353 g/mol. The summed E-state index contributed by atoms with van der Waals surface area (Å²) in [7, 11) is 0. The Morgan fingerprint density at radius 3 is 2.65 bits per heavy atom. The summed E-state index contributed by atoms with van der Waals surface area (Å²) in [6.45, 7) is 6.75. The van der Waals surface area contributed by atoms with E-state index in [9.17, 15) is 9.59 Å². The Kier molecular flexibility index (Phi) is 5.96. The van der Waals surface area contributed by atoms with Gasteiger partial charge in [-0.25, -0.2) is 0 Å². The van der Waals surface area contributed by atoms with Crippen LogP contribution < -0.4 is 10.2 Å². The van der Waals surface area contributed by atoms with E-state index in [2.05, 4.69) is 10.3 Å².